The lowest BCUT2D eigenvalue weighted by Gasteiger charge is -2.16. The summed E-state index contributed by atoms with van der Waals surface area (Å²) in [4.78, 5) is 0. The Labute approximate surface area is 108 Å². The van der Waals surface area contributed by atoms with Crippen LogP contribution in [-0.2, 0) is 0 Å². The summed E-state index contributed by atoms with van der Waals surface area (Å²) in [5.74, 6) is 1.84. The molecule has 0 aliphatic rings. The number of furan rings is 1. The Balaban J connectivity index is 2.10. The quantitative estimate of drug-likeness (QED) is 0.858. The molecule has 0 spiro atoms. The average molecular weight is 245 g/mol. The molecule has 0 saturated carbocycles. The van der Waals surface area contributed by atoms with Crippen molar-refractivity contribution in [1.82, 2.24) is 0 Å². The molecule has 3 nitrogen and oxygen atoms in total. The maximum atomic E-state index is 5.47. The van der Waals surface area contributed by atoms with E-state index in [2.05, 4.69) is 19.2 Å². The highest BCUT2D eigenvalue weighted by Gasteiger charge is 2.09. The molecular weight excluding hydrogens is 226 g/mol. The summed E-state index contributed by atoms with van der Waals surface area (Å²) in [7, 11) is 0. The molecule has 0 aliphatic heterocycles. The van der Waals surface area contributed by atoms with E-state index in [1.165, 1.54) is 5.56 Å². The predicted molar refractivity (Wildman–Crippen MR) is 73.1 cm³/mol. The van der Waals surface area contributed by atoms with Crippen LogP contribution < -0.4 is 10.1 Å². The molecule has 96 valence electrons. The first-order valence-corrected chi connectivity index (χ1v) is 6.24. The van der Waals surface area contributed by atoms with E-state index in [4.69, 9.17) is 9.15 Å². The normalized spacial score (nSPS) is 12.2. The molecule has 0 amide bonds. The number of hydrogen-bond acceptors (Lipinski definition) is 3. The Hall–Kier alpha value is -1.90. The van der Waals surface area contributed by atoms with Gasteiger partial charge in [0, 0.05) is 5.69 Å². The number of nitrogens with one attached hydrogen (secondary N) is 1. The van der Waals surface area contributed by atoms with Gasteiger partial charge in [0.2, 0.25) is 0 Å². The molecule has 0 saturated heterocycles. The SMILES string of the molecule is CCOc1ccc(NC(C)c2ccco2)c(C)c1. The van der Waals surface area contributed by atoms with Gasteiger partial charge < -0.3 is 14.5 Å². The van der Waals surface area contributed by atoms with E-state index < -0.39 is 0 Å². The van der Waals surface area contributed by atoms with Crippen molar-refractivity contribution in [3.05, 3.63) is 47.9 Å². The molecule has 0 aliphatic carbocycles. The average Bonchev–Trinajstić information content (AvgIpc) is 2.86. The molecular formula is C15H19NO2. The van der Waals surface area contributed by atoms with Gasteiger partial charge in [-0.2, -0.15) is 0 Å². The summed E-state index contributed by atoms with van der Waals surface area (Å²) >= 11 is 0. The van der Waals surface area contributed by atoms with Gasteiger partial charge in [-0.25, -0.2) is 0 Å². The number of hydrogen-bond donors (Lipinski definition) is 1. The number of anilines is 1. The number of ether oxygens (including phenoxy) is 1. The number of rotatable bonds is 5. The summed E-state index contributed by atoms with van der Waals surface area (Å²) < 4.78 is 10.9. The maximum absolute atomic E-state index is 5.47. The van der Waals surface area contributed by atoms with Gasteiger partial charge in [-0.3, -0.25) is 0 Å². The molecule has 0 bridgehead atoms. The summed E-state index contributed by atoms with van der Waals surface area (Å²) in [6, 6.07) is 10.1. The second-order valence-electron chi connectivity index (χ2n) is 4.29. The topological polar surface area (TPSA) is 34.4 Å². The van der Waals surface area contributed by atoms with Crippen molar-refractivity contribution in [2.45, 2.75) is 26.8 Å². The zero-order chi connectivity index (χ0) is 13.0. The molecule has 2 rings (SSSR count). The molecule has 1 aromatic carbocycles. The fourth-order valence-corrected chi connectivity index (χ4v) is 1.90. The Morgan fingerprint density at radius 3 is 2.78 bits per heavy atom. The molecule has 1 atom stereocenters. The molecule has 18 heavy (non-hydrogen) atoms. The molecule has 0 radical (unpaired) electrons. The van der Waals surface area contributed by atoms with Gasteiger partial charge in [-0.1, -0.05) is 0 Å². The van der Waals surface area contributed by atoms with Gasteiger partial charge in [0.1, 0.15) is 11.5 Å². The highest BCUT2D eigenvalue weighted by molar-refractivity contribution is 5.54. The van der Waals surface area contributed by atoms with Crippen molar-refractivity contribution in [2.24, 2.45) is 0 Å². The third-order valence-corrected chi connectivity index (χ3v) is 2.85. The lowest BCUT2D eigenvalue weighted by molar-refractivity contribution is 0.340. The first-order chi connectivity index (χ1) is 8.70. The van der Waals surface area contributed by atoms with E-state index in [-0.39, 0.29) is 6.04 Å². The lowest BCUT2D eigenvalue weighted by Crippen LogP contribution is -2.06. The van der Waals surface area contributed by atoms with Crippen molar-refractivity contribution in [1.29, 1.82) is 0 Å². The van der Waals surface area contributed by atoms with Gasteiger partial charge in [-0.15, -0.1) is 0 Å². The monoisotopic (exact) mass is 245 g/mol. The molecule has 1 aromatic heterocycles. The van der Waals surface area contributed by atoms with Crippen LogP contribution in [0.2, 0.25) is 0 Å². The minimum absolute atomic E-state index is 0.150. The Morgan fingerprint density at radius 2 is 2.17 bits per heavy atom. The summed E-state index contributed by atoms with van der Waals surface area (Å²) in [5.41, 5.74) is 2.27. The zero-order valence-corrected chi connectivity index (χ0v) is 11.1. The van der Waals surface area contributed by atoms with Crippen LogP contribution in [0.5, 0.6) is 5.75 Å². The van der Waals surface area contributed by atoms with E-state index in [0.29, 0.717) is 6.61 Å². The first-order valence-electron chi connectivity index (χ1n) is 6.24. The van der Waals surface area contributed by atoms with Crippen LogP contribution in [0.25, 0.3) is 0 Å². The largest absolute Gasteiger partial charge is 0.494 e. The third-order valence-electron chi connectivity index (χ3n) is 2.85. The second kappa shape index (κ2) is 5.63. The Bertz CT molecular complexity index is 491. The van der Waals surface area contributed by atoms with Crippen molar-refractivity contribution in [2.75, 3.05) is 11.9 Å². The maximum Gasteiger partial charge on any atom is 0.125 e. The van der Waals surface area contributed by atoms with Crippen molar-refractivity contribution < 1.29 is 9.15 Å². The van der Waals surface area contributed by atoms with Crippen molar-refractivity contribution >= 4 is 5.69 Å². The van der Waals surface area contributed by atoms with Crippen molar-refractivity contribution in [3.63, 3.8) is 0 Å². The van der Waals surface area contributed by atoms with Gasteiger partial charge in [0.25, 0.3) is 0 Å². The number of benzene rings is 1. The summed E-state index contributed by atoms with van der Waals surface area (Å²) in [6.45, 7) is 6.82. The van der Waals surface area contributed by atoms with Crippen LogP contribution >= 0.6 is 0 Å². The minimum atomic E-state index is 0.150. The molecule has 2 aromatic rings. The molecule has 1 N–H and O–H groups in total. The minimum Gasteiger partial charge on any atom is -0.494 e. The highest BCUT2D eigenvalue weighted by atomic mass is 16.5. The number of aryl methyl sites for hydroxylation is 1. The molecule has 1 unspecified atom stereocenters. The van der Waals surface area contributed by atoms with Crippen LogP contribution in [-0.4, -0.2) is 6.61 Å². The lowest BCUT2D eigenvalue weighted by atomic mass is 10.1. The van der Waals surface area contributed by atoms with Gasteiger partial charge >= 0.3 is 0 Å². The van der Waals surface area contributed by atoms with E-state index in [0.717, 1.165) is 17.2 Å². The predicted octanol–water partition coefficient (Wildman–Crippen LogP) is 4.16. The van der Waals surface area contributed by atoms with Crippen LogP contribution in [0.15, 0.2) is 41.0 Å². The van der Waals surface area contributed by atoms with Crippen LogP contribution in [0, 0.1) is 6.92 Å². The zero-order valence-electron chi connectivity index (χ0n) is 11.1. The van der Waals surface area contributed by atoms with Crippen LogP contribution in [0.3, 0.4) is 0 Å². The highest BCUT2D eigenvalue weighted by Crippen LogP contribution is 2.25. The van der Waals surface area contributed by atoms with E-state index in [9.17, 15) is 0 Å². The summed E-state index contributed by atoms with van der Waals surface area (Å²) in [6.07, 6.45) is 1.69. The van der Waals surface area contributed by atoms with Gasteiger partial charge in [0.15, 0.2) is 0 Å². The molecule has 3 heteroatoms. The van der Waals surface area contributed by atoms with Gasteiger partial charge in [-0.05, 0) is 56.7 Å². The summed E-state index contributed by atoms with van der Waals surface area (Å²) in [5, 5.41) is 3.43. The smallest absolute Gasteiger partial charge is 0.125 e. The first kappa shape index (κ1) is 12.6. The fraction of sp³-hybridized carbons (Fsp3) is 0.333. The third kappa shape index (κ3) is 2.86. The molecule has 0 fully saturated rings. The van der Waals surface area contributed by atoms with E-state index >= 15 is 0 Å². The van der Waals surface area contributed by atoms with Crippen LogP contribution in [0.1, 0.15) is 31.2 Å². The van der Waals surface area contributed by atoms with E-state index in [1.54, 1.807) is 6.26 Å². The van der Waals surface area contributed by atoms with Crippen molar-refractivity contribution in [3.8, 4) is 5.75 Å². The molecule has 1 heterocycles. The van der Waals surface area contributed by atoms with Crippen LogP contribution in [0.4, 0.5) is 5.69 Å². The Kier molecular flexibility index (Phi) is 3.92. The van der Waals surface area contributed by atoms with E-state index in [1.807, 2.05) is 37.3 Å². The standard InChI is InChI=1S/C15H19NO2/c1-4-17-13-7-8-14(11(2)10-13)16-12(3)15-6-5-9-18-15/h5-10,12,16H,4H2,1-3H3. The Morgan fingerprint density at radius 1 is 1.33 bits per heavy atom. The second-order valence-corrected chi connectivity index (χ2v) is 4.29. The fourth-order valence-electron chi connectivity index (χ4n) is 1.90. The van der Waals surface area contributed by atoms with Gasteiger partial charge in [0.05, 0.1) is 18.9 Å².